The number of halogens is 5. The molecule has 0 unspecified atom stereocenters. The monoisotopic (exact) mass is 595 g/mol. The molecule has 4 amide bonds. The van der Waals surface area contributed by atoms with Gasteiger partial charge in [0.25, 0.3) is 24.1 Å². The number of benzene rings is 1. The number of hydrogen-bond acceptors (Lipinski definition) is 6. The zero-order valence-corrected chi connectivity index (χ0v) is 22.1. The first-order valence-corrected chi connectivity index (χ1v) is 13.0. The van der Waals surface area contributed by atoms with Crippen molar-refractivity contribution in [2.45, 2.75) is 63.3 Å². The summed E-state index contributed by atoms with van der Waals surface area (Å²) in [4.78, 5) is 67.2. The second-order valence-corrected chi connectivity index (χ2v) is 10.2. The molecule has 0 radical (unpaired) electrons. The molecule has 15 heteroatoms. The molecule has 2 aliphatic rings. The summed E-state index contributed by atoms with van der Waals surface area (Å²) >= 11 is 0. The highest BCUT2D eigenvalue weighted by Crippen LogP contribution is 2.29. The number of pyridine rings is 1. The molecule has 4 N–H and O–H groups in total. The molecular weight excluding hydrogens is 569 g/mol. The molecule has 10 nitrogen and oxygen atoms in total. The van der Waals surface area contributed by atoms with Gasteiger partial charge in [0.15, 0.2) is 0 Å². The number of rotatable bonds is 10. The summed E-state index contributed by atoms with van der Waals surface area (Å²) in [6.45, 7) is 1.73. The van der Waals surface area contributed by atoms with Crippen LogP contribution < -0.4 is 21.3 Å². The minimum atomic E-state index is -4.85. The Morgan fingerprint density at radius 3 is 2.38 bits per heavy atom. The smallest absolute Gasteiger partial charge is 0.353 e. The third kappa shape index (κ3) is 7.44. The van der Waals surface area contributed by atoms with Gasteiger partial charge in [0.1, 0.15) is 5.69 Å². The number of nitrogens with one attached hydrogen (secondary N) is 4. The van der Waals surface area contributed by atoms with E-state index in [1.54, 1.807) is 6.92 Å². The molecule has 3 atom stereocenters. The van der Waals surface area contributed by atoms with E-state index < -0.39 is 70.5 Å². The van der Waals surface area contributed by atoms with Crippen LogP contribution in [0.5, 0.6) is 0 Å². The van der Waals surface area contributed by atoms with Crippen LogP contribution in [0.15, 0.2) is 36.5 Å². The van der Waals surface area contributed by atoms with Gasteiger partial charge in [-0.2, -0.15) is 13.2 Å². The van der Waals surface area contributed by atoms with E-state index in [2.05, 4.69) is 26.3 Å². The lowest BCUT2D eigenvalue weighted by Crippen LogP contribution is -2.49. The molecule has 2 heterocycles. The lowest BCUT2D eigenvalue weighted by molar-refractivity contribution is -0.141. The van der Waals surface area contributed by atoms with Crippen molar-refractivity contribution >= 4 is 35.1 Å². The summed E-state index contributed by atoms with van der Waals surface area (Å²) in [7, 11) is 0. The van der Waals surface area contributed by atoms with Crippen LogP contribution in [0.25, 0.3) is 0 Å². The molecule has 1 aliphatic carbocycles. The molecule has 1 saturated heterocycles. The van der Waals surface area contributed by atoms with E-state index in [4.69, 9.17) is 0 Å². The highest BCUT2D eigenvalue weighted by atomic mass is 19.4. The summed E-state index contributed by atoms with van der Waals surface area (Å²) in [6, 6.07) is 2.14. The minimum absolute atomic E-state index is 0.191. The molecule has 4 rings (SSSR count). The number of hydrogen-bond donors (Lipinski definition) is 4. The number of carbonyl (C=O) groups excluding carboxylic acids is 5. The van der Waals surface area contributed by atoms with E-state index in [1.165, 1.54) is 0 Å². The average Bonchev–Trinajstić information content (AvgIpc) is 3.69. The Balaban J connectivity index is 1.61. The molecule has 1 saturated carbocycles. The number of Topliss-reactive ketones (excluding diaryl/α,β-unsaturated/α-hetero) is 1. The van der Waals surface area contributed by atoms with E-state index in [0.717, 1.165) is 30.5 Å². The highest BCUT2D eigenvalue weighted by molar-refractivity contribution is 6.38. The maximum absolute atomic E-state index is 13.5. The quantitative estimate of drug-likeness (QED) is 0.245. The molecule has 224 valence electrons. The van der Waals surface area contributed by atoms with Gasteiger partial charge in [-0.25, -0.2) is 8.78 Å². The van der Waals surface area contributed by atoms with Gasteiger partial charge in [-0.1, -0.05) is 6.07 Å². The molecule has 42 heavy (non-hydrogen) atoms. The number of amides is 4. The largest absolute Gasteiger partial charge is 0.433 e. The summed E-state index contributed by atoms with van der Waals surface area (Å²) in [5.74, 6) is -5.39. The van der Waals surface area contributed by atoms with Crippen LogP contribution in [0, 0.1) is 5.92 Å². The average molecular weight is 596 g/mol. The Kier molecular flexibility index (Phi) is 8.87. The van der Waals surface area contributed by atoms with Crippen molar-refractivity contribution in [3.8, 4) is 0 Å². The van der Waals surface area contributed by atoms with Crippen molar-refractivity contribution in [1.82, 2.24) is 20.9 Å². The van der Waals surface area contributed by atoms with Crippen LogP contribution >= 0.6 is 0 Å². The van der Waals surface area contributed by atoms with Gasteiger partial charge in [-0.15, -0.1) is 0 Å². The Hall–Kier alpha value is -4.43. The van der Waals surface area contributed by atoms with Gasteiger partial charge in [-0.05, 0) is 56.9 Å². The first-order chi connectivity index (χ1) is 19.7. The standard InChI is InChI=1S/C27H26F5N5O5/c1-12-8-15(24(40)34-12)10-19(21(38)26(42)35-16-3-4-16)37-25(41)17-9-13(22(28)29)2-5-18(17)36-23(39)14-6-7-33-20(11-14)27(30,31)32/h2,5-7,9,11-12,15-16,19,22H,3-4,8,10H2,1H3,(H,34,40)(H,35,42)(H,36,39)(H,37,41)/t12-,15+,19+/m1/s1. The summed E-state index contributed by atoms with van der Waals surface area (Å²) in [5, 5.41) is 9.75. The van der Waals surface area contributed by atoms with Crippen molar-refractivity contribution in [2.24, 2.45) is 5.92 Å². The third-order valence-electron chi connectivity index (χ3n) is 6.78. The van der Waals surface area contributed by atoms with E-state index in [-0.39, 0.29) is 30.1 Å². The maximum Gasteiger partial charge on any atom is 0.433 e. The molecule has 0 bridgehead atoms. The molecule has 1 aliphatic heterocycles. The van der Waals surface area contributed by atoms with E-state index in [0.29, 0.717) is 25.3 Å². The van der Waals surface area contributed by atoms with Crippen LogP contribution in [0.1, 0.15) is 71.0 Å². The predicted octanol–water partition coefficient (Wildman–Crippen LogP) is 3.15. The van der Waals surface area contributed by atoms with E-state index in [1.807, 2.05) is 0 Å². The normalized spacial score (nSPS) is 19.2. The number of nitrogens with zero attached hydrogens (tertiary/aromatic N) is 1. The number of carbonyl (C=O) groups is 5. The lowest BCUT2D eigenvalue weighted by Gasteiger charge is -2.21. The Morgan fingerprint density at radius 1 is 1.07 bits per heavy atom. The maximum atomic E-state index is 13.5. The van der Waals surface area contributed by atoms with Crippen LogP contribution in [-0.4, -0.2) is 52.5 Å². The minimum Gasteiger partial charge on any atom is -0.353 e. The molecule has 0 spiro atoms. The topological polar surface area (TPSA) is 146 Å². The van der Waals surface area contributed by atoms with E-state index >= 15 is 0 Å². The number of aromatic nitrogens is 1. The van der Waals surface area contributed by atoms with Crippen LogP contribution in [-0.2, 0) is 20.6 Å². The van der Waals surface area contributed by atoms with Crippen molar-refractivity contribution in [2.75, 3.05) is 5.32 Å². The Labute approximate surface area is 235 Å². The predicted molar refractivity (Wildman–Crippen MR) is 136 cm³/mol. The summed E-state index contributed by atoms with van der Waals surface area (Å²) < 4.78 is 66.2. The molecular formula is C27H26F5N5O5. The Morgan fingerprint density at radius 2 is 1.79 bits per heavy atom. The molecule has 1 aromatic carbocycles. The van der Waals surface area contributed by atoms with Crippen molar-refractivity contribution in [3.05, 3.63) is 58.9 Å². The highest BCUT2D eigenvalue weighted by Gasteiger charge is 2.38. The second-order valence-electron chi connectivity index (χ2n) is 10.2. The van der Waals surface area contributed by atoms with Gasteiger partial charge in [-0.3, -0.25) is 29.0 Å². The SMILES string of the molecule is C[C@@H]1C[C@@H](C[C@H](NC(=O)c2cc(C(F)F)ccc2NC(=O)c2ccnc(C(F)(F)F)c2)C(=O)C(=O)NC2CC2)C(=O)N1. The van der Waals surface area contributed by atoms with Crippen molar-refractivity contribution < 1.29 is 45.9 Å². The Bertz CT molecular complexity index is 1410. The summed E-state index contributed by atoms with van der Waals surface area (Å²) in [6.07, 6.45) is -5.73. The number of ketones is 1. The van der Waals surface area contributed by atoms with Gasteiger partial charge >= 0.3 is 6.18 Å². The van der Waals surface area contributed by atoms with Crippen molar-refractivity contribution in [1.29, 1.82) is 0 Å². The molecule has 2 fully saturated rings. The van der Waals surface area contributed by atoms with Crippen LogP contribution in [0.4, 0.5) is 27.6 Å². The molecule has 2 aromatic rings. The fourth-order valence-corrected chi connectivity index (χ4v) is 4.47. The van der Waals surface area contributed by atoms with Crippen molar-refractivity contribution in [3.63, 3.8) is 0 Å². The zero-order valence-electron chi connectivity index (χ0n) is 22.1. The van der Waals surface area contributed by atoms with Gasteiger partial charge in [0.05, 0.1) is 17.3 Å². The molecule has 1 aromatic heterocycles. The summed E-state index contributed by atoms with van der Waals surface area (Å²) in [5.41, 5.74) is -3.35. The fourth-order valence-electron chi connectivity index (χ4n) is 4.47. The first kappa shape index (κ1) is 30.5. The number of alkyl halides is 5. The number of anilines is 1. The first-order valence-electron chi connectivity index (χ1n) is 13.0. The van der Waals surface area contributed by atoms with E-state index in [9.17, 15) is 45.9 Å². The van der Waals surface area contributed by atoms with Crippen LogP contribution in [0.2, 0.25) is 0 Å². The fraction of sp³-hybridized carbons (Fsp3) is 0.407. The van der Waals surface area contributed by atoms with Gasteiger partial charge < -0.3 is 21.3 Å². The van der Waals surface area contributed by atoms with Crippen LogP contribution in [0.3, 0.4) is 0 Å². The lowest BCUT2D eigenvalue weighted by atomic mass is 9.93. The zero-order chi connectivity index (χ0) is 30.8. The van der Waals surface area contributed by atoms with Gasteiger partial charge in [0.2, 0.25) is 11.7 Å². The third-order valence-corrected chi connectivity index (χ3v) is 6.78. The second kappa shape index (κ2) is 12.2. The van der Waals surface area contributed by atoms with Gasteiger partial charge in [0, 0.05) is 35.3 Å².